The van der Waals surface area contributed by atoms with Gasteiger partial charge in [-0.15, -0.1) is 0 Å². The number of fused-ring (bicyclic) bond motifs is 4. The molecule has 5 heteroatoms. The van der Waals surface area contributed by atoms with Crippen molar-refractivity contribution in [3.8, 4) is 0 Å². The summed E-state index contributed by atoms with van der Waals surface area (Å²) in [5.41, 5.74) is 3.33. The largest absolute Gasteiger partial charge is 0.371 e. The number of ether oxygens (including phenoxy) is 1. The van der Waals surface area contributed by atoms with E-state index in [2.05, 4.69) is 17.0 Å². The SMILES string of the molecule is COC(C(=O)N1CCc2ccccc2[C@@H]1c1ccc(F)cc1)C1CN2CCC1CC2. The highest BCUT2D eigenvalue weighted by Gasteiger charge is 2.44. The maximum absolute atomic E-state index is 13.9. The fraction of sp³-hybridized carbons (Fsp3) is 0.480. The summed E-state index contributed by atoms with van der Waals surface area (Å²) < 4.78 is 19.5. The molecule has 1 amide bonds. The van der Waals surface area contributed by atoms with Gasteiger partial charge >= 0.3 is 0 Å². The second-order valence-electron chi connectivity index (χ2n) is 8.89. The number of benzene rings is 2. The Bertz CT molecular complexity index is 908. The first kappa shape index (κ1) is 19.7. The van der Waals surface area contributed by atoms with Crippen LogP contribution in [0.3, 0.4) is 0 Å². The molecule has 4 aliphatic heterocycles. The normalized spacial score (nSPS) is 28.8. The molecule has 2 aromatic rings. The van der Waals surface area contributed by atoms with Crippen molar-refractivity contribution in [3.63, 3.8) is 0 Å². The second-order valence-corrected chi connectivity index (χ2v) is 8.89. The first-order valence-corrected chi connectivity index (χ1v) is 11.0. The van der Waals surface area contributed by atoms with Crippen LogP contribution in [-0.2, 0) is 16.0 Å². The van der Waals surface area contributed by atoms with Crippen molar-refractivity contribution >= 4 is 5.91 Å². The van der Waals surface area contributed by atoms with E-state index in [1.165, 1.54) is 17.7 Å². The maximum atomic E-state index is 13.9. The van der Waals surface area contributed by atoms with Crippen LogP contribution in [-0.4, -0.2) is 55.1 Å². The summed E-state index contributed by atoms with van der Waals surface area (Å²) in [4.78, 5) is 18.3. The van der Waals surface area contributed by atoms with Gasteiger partial charge in [0.25, 0.3) is 5.91 Å². The van der Waals surface area contributed by atoms with E-state index in [1.807, 2.05) is 17.0 Å². The average molecular weight is 409 g/mol. The van der Waals surface area contributed by atoms with Crippen LogP contribution < -0.4 is 0 Å². The lowest BCUT2D eigenvalue weighted by atomic mass is 9.75. The van der Waals surface area contributed by atoms with Crippen LogP contribution in [0.15, 0.2) is 48.5 Å². The molecule has 4 aliphatic rings. The van der Waals surface area contributed by atoms with Gasteiger partial charge in [-0.25, -0.2) is 4.39 Å². The summed E-state index contributed by atoms with van der Waals surface area (Å²) in [5, 5.41) is 0. The number of halogens is 1. The van der Waals surface area contributed by atoms with Gasteiger partial charge in [-0.1, -0.05) is 36.4 Å². The minimum absolute atomic E-state index is 0.0695. The van der Waals surface area contributed by atoms with Gasteiger partial charge in [0.05, 0.1) is 6.04 Å². The lowest BCUT2D eigenvalue weighted by Crippen LogP contribution is -2.56. The third-order valence-electron chi connectivity index (χ3n) is 7.35. The van der Waals surface area contributed by atoms with Crippen molar-refractivity contribution in [2.24, 2.45) is 11.8 Å². The second kappa shape index (κ2) is 8.12. The van der Waals surface area contributed by atoms with Gasteiger partial charge in [0.1, 0.15) is 11.9 Å². The Balaban J connectivity index is 1.49. The molecule has 30 heavy (non-hydrogen) atoms. The summed E-state index contributed by atoms with van der Waals surface area (Å²) >= 11 is 0. The molecule has 3 atom stereocenters. The molecule has 4 heterocycles. The zero-order valence-electron chi connectivity index (χ0n) is 17.5. The summed E-state index contributed by atoms with van der Waals surface area (Å²) in [6, 6.07) is 14.7. The molecular weight excluding hydrogens is 379 g/mol. The van der Waals surface area contributed by atoms with Gasteiger partial charge in [-0.3, -0.25) is 4.79 Å². The summed E-state index contributed by atoms with van der Waals surface area (Å²) in [6.45, 7) is 3.88. The standard InChI is InChI=1S/C25H29FN2O2/c1-30-24(22-16-27-13-10-18(22)11-14-27)25(29)28-15-12-17-4-2-3-5-21(17)23(28)19-6-8-20(26)9-7-19/h2-9,18,22-24H,10-16H2,1H3/t22?,23-,24?/m0/s1. The Hall–Kier alpha value is -2.24. The van der Waals surface area contributed by atoms with Crippen molar-refractivity contribution in [2.75, 3.05) is 33.3 Å². The number of piperidine rings is 3. The van der Waals surface area contributed by atoms with E-state index >= 15 is 0 Å². The van der Waals surface area contributed by atoms with E-state index in [4.69, 9.17) is 4.74 Å². The molecule has 0 aliphatic carbocycles. The fourth-order valence-corrected chi connectivity index (χ4v) is 5.78. The van der Waals surface area contributed by atoms with E-state index in [0.717, 1.165) is 50.0 Å². The van der Waals surface area contributed by atoms with Crippen LogP contribution >= 0.6 is 0 Å². The Morgan fingerprint density at radius 1 is 1.07 bits per heavy atom. The molecule has 158 valence electrons. The van der Waals surface area contributed by atoms with Crippen molar-refractivity contribution in [3.05, 3.63) is 71.0 Å². The summed E-state index contributed by atoms with van der Waals surface area (Å²) in [5.74, 6) is 0.615. The van der Waals surface area contributed by atoms with Crippen LogP contribution in [0.1, 0.15) is 35.6 Å². The molecule has 2 unspecified atom stereocenters. The Labute approximate surface area is 177 Å². The van der Waals surface area contributed by atoms with Gasteiger partial charge in [-0.05, 0) is 67.1 Å². The number of methoxy groups -OCH3 is 1. The first-order chi connectivity index (χ1) is 14.7. The van der Waals surface area contributed by atoms with Crippen molar-refractivity contribution in [1.29, 1.82) is 0 Å². The van der Waals surface area contributed by atoms with Gasteiger partial charge < -0.3 is 14.5 Å². The first-order valence-electron chi connectivity index (χ1n) is 11.0. The zero-order valence-corrected chi connectivity index (χ0v) is 17.5. The quantitative estimate of drug-likeness (QED) is 0.774. The predicted octanol–water partition coefficient (Wildman–Crippen LogP) is 3.66. The molecule has 2 bridgehead atoms. The minimum Gasteiger partial charge on any atom is -0.371 e. The molecule has 2 aromatic carbocycles. The molecule has 3 saturated heterocycles. The van der Waals surface area contributed by atoms with E-state index in [9.17, 15) is 9.18 Å². The minimum atomic E-state index is -0.425. The molecule has 0 spiro atoms. The van der Waals surface area contributed by atoms with E-state index in [1.54, 1.807) is 19.2 Å². The molecule has 0 aromatic heterocycles. The van der Waals surface area contributed by atoms with E-state index in [0.29, 0.717) is 12.5 Å². The molecule has 0 N–H and O–H groups in total. The predicted molar refractivity (Wildman–Crippen MR) is 114 cm³/mol. The number of hydrogen-bond acceptors (Lipinski definition) is 3. The van der Waals surface area contributed by atoms with Crippen LogP contribution in [0.25, 0.3) is 0 Å². The van der Waals surface area contributed by atoms with Gasteiger partial charge in [-0.2, -0.15) is 0 Å². The number of carbonyl (C=O) groups excluding carboxylic acids is 1. The number of hydrogen-bond donors (Lipinski definition) is 0. The number of rotatable bonds is 4. The topological polar surface area (TPSA) is 32.8 Å². The van der Waals surface area contributed by atoms with Crippen molar-refractivity contribution in [1.82, 2.24) is 9.80 Å². The van der Waals surface area contributed by atoms with Gasteiger partial charge in [0.2, 0.25) is 0 Å². The summed E-state index contributed by atoms with van der Waals surface area (Å²) in [7, 11) is 1.67. The summed E-state index contributed by atoms with van der Waals surface area (Å²) in [6.07, 6.45) is 2.71. The molecular formula is C25H29FN2O2. The zero-order chi connectivity index (χ0) is 20.7. The Kier molecular flexibility index (Phi) is 5.34. The highest BCUT2D eigenvalue weighted by Crippen LogP contribution is 2.39. The van der Waals surface area contributed by atoms with Crippen LogP contribution in [0.5, 0.6) is 0 Å². The average Bonchev–Trinajstić information content (AvgIpc) is 2.80. The molecule has 6 rings (SSSR count). The fourth-order valence-electron chi connectivity index (χ4n) is 5.78. The lowest BCUT2D eigenvalue weighted by molar-refractivity contribution is -0.153. The third kappa shape index (κ3) is 3.44. The smallest absolute Gasteiger partial charge is 0.252 e. The van der Waals surface area contributed by atoms with E-state index in [-0.39, 0.29) is 23.7 Å². The maximum Gasteiger partial charge on any atom is 0.252 e. The Morgan fingerprint density at radius 3 is 2.47 bits per heavy atom. The highest BCUT2D eigenvalue weighted by atomic mass is 19.1. The monoisotopic (exact) mass is 408 g/mol. The van der Waals surface area contributed by atoms with Crippen molar-refractivity contribution in [2.45, 2.75) is 31.4 Å². The molecule has 0 saturated carbocycles. The number of amides is 1. The Morgan fingerprint density at radius 2 is 1.80 bits per heavy atom. The molecule has 4 nitrogen and oxygen atoms in total. The highest BCUT2D eigenvalue weighted by molar-refractivity contribution is 5.83. The van der Waals surface area contributed by atoms with Crippen LogP contribution in [0.4, 0.5) is 4.39 Å². The molecule has 0 radical (unpaired) electrons. The van der Waals surface area contributed by atoms with Crippen molar-refractivity contribution < 1.29 is 13.9 Å². The van der Waals surface area contributed by atoms with E-state index < -0.39 is 6.10 Å². The van der Waals surface area contributed by atoms with Crippen LogP contribution in [0, 0.1) is 17.7 Å². The van der Waals surface area contributed by atoms with Gasteiger partial charge in [0.15, 0.2) is 0 Å². The van der Waals surface area contributed by atoms with Crippen LogP contribution in [0.2, 0.25) is 0 Å². The number of carbonyl (C=O) groups is 1. The lowest BCUT2D eigenvalue weighted by Gasteiger charge is -2.48. The number of nitrogens with zero attached hydrogens (tertiary/aromatic N) is 2. The third-order valence-corrected chi connectivity index (χ3v) is 7.35. The van der Waals surface area contributed by atoms with Gasteiger partial charge in [0, 0.05) is 26.1 Å². The molecule has 3 fully saturated rings.